The van der Waals surface area contributed by atoms with Crippen molar-refractivity contribution in [3.05, 3.63) is 18.2 Å². The van der Waals surface area contributed by atoms with Crippen LogP contribution in [0, 0.1) is 5.92 Å². The average Bonchev–Trinajstić information content (AvgIpc) is 3.19. The first-order valence-electron chi connectivity index (χ1n) is 8.09. The van der Waals surface area contributed by atoms with E-state index in [-0.39, 0.29) is 32.1 Å². The Labute approximate surface area is 144 Å². The third kappa shape index (κ3) is 3.11. The van der Waals surface area contributed by atoms with Gasteiger partial charge in [-0.15, -0.1) is 0 Å². The number of hydrogen-bond donors (Lipinski definition) is 2. The molecule has 2 unspecified atom stereocenters. The molecule has 1 saturated heterocycles. The molecule has 0 aromatic heterocycles. The molecule has 8 nitrogen and oxygen atoms in total. The van der Waals surface area contributed by atoms with Gasteiger partial charge in [0.2, 0.25) is 18.6 Å². The van der Waals surface area contributed by atoms with E-state index in [2.05, 4.69) is 5.32 Å². The number of rotatable bonds is 5. The average molecular weight is 348 g/mol. The number of carboxylic acid groups (broad SMARTS) is 1. The number of nitrogens with one attached hydrogen (secondary N) is 1. The number of benzene rings is 1. The minimum atomic E-state index is -1.34. The smallest absolute Gasteiger partial charge is 0.329 e. The Bertz CT molecular complexity index is 734. The van der Waals surface area contributed by atoms with Crippen molar-refractivity contribution in [3.63, 3.8) is 0 Å². The van der Waals surface area contributed by atoms with Gasteiger partial charge in [0, 0.05) is 24.7 Å². The second-order valence-corrected chi connectivity index (χ2v) is 6.42. The Morgan fingerprint density at radius 3 is 2.76 bits per heavy atom. The molecule has 2 N–H and O–H groups in total. The monoisotopic (exact) mass is 348 g/mol. The van der Waals surface area contributed by atoms with Gasteiger partial charge in [-0.2, -0.15) is 0 Å². The molecule has 2 aliphatic heterocycles. The van der Waals surface area contributed by atoms with Crippen LogP contribution in [0.25, 0.3) is 0 Å². The van der Waals surface area contributed by atoms with E-state index in [1.54, 1.807) is 25.1 Å². The Kier molecular flexibility index (Phi) is 4.28. The summed E-state index contributed by atoms with van der Waals surface area (Å²) in [4.78, 5) is 37.6. The minimum Gasteiger partial charge on any atom is -0.480 e. The number of aliphatic carboxylic acids is 1. The highest BCUT2D eigenvalue weighted by Crippen LogP contribution is 2.37. The van der Waals surface area contributed by atoms with Crippen molar-refractivity contribution < 1.29 is 29.0 Å². The summed E-state index contributed by atoms with van der Waals surface area (Å²) < 4.78 is 10.6. The topological polar surface area (TPSA) is 105 Å². The van der Waals surface area contributed by atoms with Crippen molar-refractivity contribution in [3.8, 4) is 11.5 Å². The zero-order chi connectivity index (χ0) is 18.2. The number of carboxylic acids is 1. The van der Waals surface area contributed by atoms with Crippen molar-refractivity contribution >= 4 is 23.5 Å². The first-order chi connectivity index (χ1) is 11.8. The van der Waals surface area contributed by atoms with Crippen LogP contribution in [-0.2, 0) is 14.4 Å². The molecule has 2 atom stereocenters. The molecule has 1 aromatic carbocycles. The molecule has 134 valence electrons. The van der Waals surface area contributed by atoms with Crippen LogP contribution in [0.15, 0.2) is 18.2 Å². The van der Waals surface area contributed by atoms with Gasteiger partial charge in [0.05, 0.1) is 5.92 Å². The van der Waals surface area contributed by atoms with E-state index in [4.69, 9.17) is 9.47 Å². The van der Waals surface area contributed by atoms with E-state index >= 15 is 0 Å². The summed E-state index contributed by atoms with van der Waals surface area (Å²) in [7, 11) is 0. The van der Waals surface area contributed by atoms with Gasteiger partial charge < -0.3 is 24.8 Å². The molecule has 0 aliphatic carbocycles. The molecule has 0 saturated carbocycles. The molecular formula is C17H20N2O6. The quantitative estimate of drug-likeness (QED) is 0.827. The second kappa shape index (κ2) is 6.27. The molecule has 25 heavy (non-hydrogen) atoms. The Morgan fingerprint density at radius 2 is 2.08 bits per heavy atom. The molecule has 0 spiro atoms. The van der Waals surface area contributed by atoms with E-state index in [1.165, 1.54) is 11.8 Å². The van der Waals surface area contributed by atoms with Gasteiger partial charge in [-0.05, 0) is 25.5 Å². The van der Waals surface area contributed by atoms with Crippen LogP contribution >= 0.6 is 0 Å². The Morgan fingerprint density at radius 1 is 1.36 bits per heavy atom. The number of nitrogens with zero attached hydrogens (tertiary/aromatic N) is 1. The first-order valence-corrected chi connectivity index (χ1v) is 8.09. The van der Waals surface area contributed by atoms with Crippen LogP contribution in [0.2, 0.25) is 0 Å². The summed E-state index contributed by atoms with van der Waals surface area (Å²) in [6.45, 7) is 3.49. The maximum Gasteiger partial charge on any atom is 0.329 e. The maximum atomic E-state index is 12.4. The van der Waals surface area contributed by atoms with Crippen molar-refractivity contribution in [1.29, 1.82) is 0 Å². The number of amides is 2. The molecule has 0 bridgehead atoms. The van der Waals surface area contributed by atoms with Gasteiger partial charge in [-0.25, -0.2) is 4.79 Å². The van der Waals surface area contributed by atoms with E-state index in [0.29, 0.717) is 17.2 Å². The number of anilines is 1. The number of carbonyl (C=O) groups is 3. The standard InChI is InChI=1S/C17H20N2O6/c1-3-17(2,16(22)23)18-15(21)10-6-14(20)19(8-10)11-4-5-12-13(7-11)25-9-24-12/h4-5,7,10H,3,6,8-9H2,1-2H3,(H,18,21)(H,22,23). The molecule has 2 aliphatic rings. The highest BCUT2D eigenvalue weighted by atomic mass is 16.7. The van der Waals surface area contributed by atoms with E-state index in [1.807, 2.05) is 0 Å². The van der Waals surface area contributed by atoms with Crippen LogP contribution < -0.4 is 19.7 Å². The van der Waals surface area contributed by atoms with Gasteiger partial charge in [-0.1, -0.05) is 6.92 Å². The third-order valence-electron chi connectivity index (χ3n) is 4.74. The molecule has 1 aromatic rings. The summed E-state index contributed by atoms with van der Waals surface area (Å²) in [5.74, 6) is -1.13. The number of carbonyl (C=O) groups excluding carboxylic acids is 2. The van der Waals surface area contributed by atoms with Gasteiger partial charge in [0.25, 0.3) is 0 Å². The van der Waals surface area contributed by atoms with Crippen molar-refractivity contribution in [1.82, 2.24) is 5.32 Å². The predicted octanol–water partition coefficient (Wildman–Crippen LogP) is 1.14. The lowest BCUT2D eigenvalue weighted by Gasteiger charge is -2.26. The molecule has 1 fully saturated rings. The summed E-state index contributed by atoms with van der Waals surface area (Å²) in [5.41, 5.74) is -0.715. The molecular weight excluding hydrogens is 328 g/mol. The fourth-order valence-electron chi connectivity index (χ4n) is 2.85. The van der Waals surface area contributed by atoms with Crippen molar-refractivity contribution in [2.75, 3.05) is 18.2 Å². The summed E-state index contributed by atoms with van der Waals surface area (Å²) in [6, 6.07) is 5.16. The lowest BCUT2D eigenvalue weighted by atomic mass is 9.97. The largest absolute Gasteiger partial charge is 0.480 e. The number of fused-ring (bicyclic) bond motifs is 1. The minimum absolute atomic E-state index is 0.0414. The number of ether oxygens (including phenoxy) is 2. The summed E-state index contributed by atoms with van der Waals surface area (Å²) in [5, 5.41) is 11.8. The van der Waals surface area contributed by atoms with Gasteiger partial charge >= 0.3 is 5.97 Å². The summed E-state index contributed by atoms with van der Waals surface area (Å²) in [6.07, 6.45) is 0.292. The zero-order valence-electron chi connectivity index (χ0n) is 14.1. The van der Waals surface area contributed by atoms with E-state index < -0.39 is 23.3 Å². The highest BCUT2D eigenvalue weighted by Gasteiger charge is 2.40. The second-order valence-electron chi connectivity index (χ2n) is 6.42. The van der Waals surface area contributed by atoms with Crippen molar-refractivity contribution in [2.45, 2.75) is 32.2 Å². The molecule has 2 heterocycles. The fourth-order valence-corrected chi connectivity index (χ4v) is 2.85. The Hall–Kier alpha value is -2.77. The normalized spacial score (nSPS) is 21.1. The van der Waals surface area contributed by atoms with Gasteiger partial charge in [0.15, 0.2) is 11.5 Å². The van der Waals surface area contributed by atoms with Gasteiger partial charge in [-0.3, -0.25) is 9.59 Å². The predicted molar refractivity (Wildman–Crippen MR) is 87.5 cm³/mol. The van der Waals surface area contributed by atoms with Crippen LogP contribution in [0.1, 0.15) is 26.7 Å². The number of hydrogen-bond acceptors (Lipinski definition) is 5. The first kappa shape index (κ1) is 17.1. The lowest BCUT2D eigenvalue weighted by molar-refractivity contribution is -0.147. The van der Waals surface area contributed by atoms with Gasteiger partial charge in [0.1, 0.15) is 5.54 Å². The fraction of sp³-hybridized carbons (Fsp3) is 0.471. The molecule has 3 rings (SSSR count). The third-order valence-corrected chi connectivity index (χ3v) is 4.74. The van der Waals surface area contributed by atoms with Crippen LogP contribution in [-0.4, -0.2) is 41.8 Å². The lowest BCUT2D eigenvalue weighted by Crippen LogP contribution is -2.53. The summed E-state index contributed by atoms with van der Waals surface area (Å²) >= 11 is 0. The highest BCUT2D eigenvalue weighted by molar-refractivity contribution is 6.01. The molecule has 0 radical (unpaired) electrons. The Balaban J connectivity index is 1.72. The zero-order valence-corrected chi connectivity index (χ0v) is 14.1. The maximum absolute atomic E-state index is 12.4. The SMILES string of the molecule is CCC(C)(NC(=O)C1CC(=O)N(c2ccc3c(c2)OCO3)C1)C(=O)O. The van der Waals surface area contributed by atoms with E-state index in [0.717, 1.165) is 0 Å². The van der Waals surface area contributed by atoms with Crippen LogP contribution in [0.3, 0.4) is 0 Å². The molecule has 8 heteroatoms. The molecule has 2 amide bonds. The van der Waals surface area contributed by atoms with Crippen LogP contribution in [0.4, 0.5) is 5.69 Å². The van der Waals surface area contributed by atoms with Crippen molar-refractivity contribution in [2.24, 2.45) is 5.92 Å². The van der Waals surface area contributed by atoms with E-state index in [9.17, 15) is 19.5 Å². The van der Waals surface area contributed by atoms with Crippen LogP contribution in [0.5, 0.6) is 11.5 Å².